The molecule has 2 fully saturated rings. The molecule has 2 aliphatic heterocycles. The highest BCUT2D eigenvalue weighted by Gasteiger charge is 2.50. The molecule has 0 aliphatic carbocycles. The van der Waals surface area contributed by atoms with Crippen LogP contribution in [0.15, 0.2) is 42.7 Å². The third-order valence-electron chi connectivity index (χ3n) is 6.79. The number of alkyl halides is 5. The molecule has 2 saturated heterocycles. The molecule has 3 aromatic rings. The van der Waals surface area contributed by atoms with Crippen molar-refractivity contribution in [2.45, 2.75) is 36.9 Å². The van der Waals surface area contributed by atoms with Crippen LogP contribution in [0.3, 0.4) is 0 Å². The summed E-state index contributed by atoms with van der Waals surface area (Å²) in [5.74, 6) is -0.740. The van der Waals surface area contributed by atoms with Crippen LogP contribution >= 0.6 is 0 Å². The number of amides is 1. The minimum Gasteiger partial charge on any atom is -0.379 e. The molecule has 0 saturated carbocycles. The number of aromatic nitrogens is 4. The molecule has 2 aromatic heterocycles. The molecule has 2 aliphatic rings. The summed E-state index contributed by atoms with van der Waals surface area (Å²) in [5.41, 5.74) is -3.14. The Bertz CT molecular complexity index is 1350. The van der Waals surface area contributed by atoms with Crippen LogP contribution < -0.4 is 5.32 Å². The van der Waals surface area contributed by atoms with Gasteiger partial charge >= 0.3 is 6.18 Å². The zero-order chi connectivity index (χ0) is 27.3. The molecule has 1 atom stereocenters. The average Bonchev–Trinajstić information content (AvgIpc) is 3.22. The first kappa shape index (κ1) is 26.2. The molecular formula is C25H25F5N6O2. The molecule has 1 aromatic carbocycles. The summed E-state index contributed by atoms with van der Waals surface area (Å²) in [5, 5.41) is 10.2. The summed E-state index contributed by atoms with van der Waals surface area (Å²) in [4.78, 5) is 18.2. The van der Waals surface area contributed by atoms with E-state index >= 15 is 4.39 Å². The molecule has 202 valence electrons. The number of likely N-dealkylation sites (tertiary alicyclic amines) is 1. The summed E-state index contributed by atoms with van der Waals surface area (Å²) in [6.45, 7) is 1.78. The van der Waals surface area contributed by atoms with Gasteiger partial charge in [0.1, 0.15) is 23.4 Å². The molecule has 1 amide bonds. The fourth-order valence-corrected chi connectivity index (χ4v) is 4.85. The number of hydrogen-bond acceptors (Lipinski definition) is 6. The van der Waals surface area contributed by atoms with Gasteiger partial charge in [-0.3, -0.25) is 9.69 Å². The standard InChI is InChI=1S/C25H25F5N6O2/c1-23(27)10-36(11-23)9-15-6-18(33-19(7-15)25(28,29)30)22(37)32-17-5-3-4-16(8-17)24(12-38-13-24)20(26)21-34-31-14-35(21)2/h3-8,14,20H,9-13H2,1-2H3,(H,32,37). The zero-order valence-corrected chi connectivity index (χ0v) is 20.6. The first-order valence-corrected chi connectivity index (χ1v) is 11.8. The number of carbonyl (C=O) groups is 1. The highest BCUT2D eigenvalue weighted by Crippen LogP contribution is 2.45. The van der Waals surface area contributed by atoms with Crippen molar-refractivity contribution in [2.75, 3.05) is 31.6 Å². The molecule has 0 bridgehead atoms. The van der Waals surface area contributed by atoms with Crippen molar-refractivity contribution in [1.29, 1.82) is 0 Å². The van der Waals surface area contributed by atoms with E-state index in [9.17, 15) is 22.4 Å². The number of aryl methyl sites for hydroxylation is 1. The van der Waals surface area contributed by atoms with Gasteiger partial charge in [-0.25, -0.2) is 13.8 Å². The number of ether oxygens (including phenoxy) is 1. The van der Waals surface area contributed by atoms with E-state index in [1.165, 1.54) is 23.9 Å². The Hall–Kier alpha value is -3.45. The second-order valence-corrected chi connectivity index (χ2v) is 10.1. The lowest BCUT2D eigenvalue weighted by Crippen LogP contribution is -2.56. The van der Waals surface area contributed by atoms with Crippen LogP contribution in [0.25, 0.3) is 0 Å². The Morgan fingerprint density at radius 2 is 1.95 bits per heavy atom. The maximum absolute atomic E-state index is 15.6. The minimum absolute atomic E-state index is 0.0450. The van der Waals surface area contributed by atoms with Crippen LogP contribution in [0.2, 0.25) is 0 Å². The van der Waals surface area contributed by atoms with Gasteiger partial charge in [-0.2, -0.15) is 13.2 Å². The Kier molecular flexibility index (Phi) is 6.46. The first-order chi connectivity index (χ1) is 17.9. The van der Waals surface area contributed by atoms with E-state index in [-0.39, 0.29) is 49.9 Å². The van der Waals surface area contributed by atoms with Gasteiger partial charge < -0.3 is 14.6 Å². The van der Waals surface area contributed by atoms with Crippen molar-refractivity contribution in [2.24, 2.45) is 7.05 Å². The fraction of sp³-hybridized carbons (Fsp3) is 0.440. The van der Waals surface area contributed by atoms with E-state index in [0.29, 0.717) is 5.56 Å². The van der Waals surface area contributed by atoms with E-state index in [2.05, 4.69) is 20.5 Å². The summed E-state index contributed by atoms with van der Waals surface area (Å²) < 4.78 is 76.8. The third kappa shape index (κ3) is 4.99. The molecule has 13 heteroatoms. The van der Waals surface area contributed by atoms with Gasteiger partial charge in [-0.15, -0.1) is 10.2 Å². The van der Waals surface area contributed by atoms with E-state index in [1.54, 1.807) is 36.2 Å². The highest BCUT2D eigenvalue weighted by molar-refractivity contribution is 6.03. The molecule has 5 rings (SSSR count). The molecule has 1 unspecified atom stereocenters. The first-order valence-electron chi connectivity index (χ1n) is 11.8. The average molecular weight is 537 g/mol. The Morgan fingerprint density at radius 3 is 2.53 bits per heavy atom. The number of anilines is 1. The third-order valence-corrected chi connectivity index (χ3v) is 6.79. The lowest BCUT2D eigenvalue weighted by Gasteiger charge is -2.43. The van der Waals surface area contributed by atoms with E-state index in [4.69, 9.17) is 4.74 Å². The summed E-state index contributed by atoms with van der Waals surface area (Å²) >= 11 is 0. The Balaban J connectivity index is 1.38. The van der Waals surface area contributed by atoms with Crippen LogP contribution in [-0.4, -0.2) is 62.5 Å². The van der Waals surface area contributed by atoms with Crippen molar-refractivity contribution in [3.63, 3.8) is 0 Å². The van der Waals surface area contributed by atoms with Gasteiger partial charge in [-0.1, -0.05) is 12.1 Å². The van der Waals surface area contributed by atoms with Crippen LogP contribution in [0, 0.1) is 0 Å². The van der Waals surface area contributed by atoms with Crippen molar-refractivity contribution >= 4 is 11.6 Å². The number of nitrogens with one attached hydrogen (secondary N) is 1. The van der Waals surface area contributed by atoms with E-state index in [0.717, 1.165) is 6.07 Å². The van der Waals surface area contributed by atoms with E-state index in [1.807, 2.05) is 0 Å². The maximum Gasteiger partial charge on any atom is 0.433 e. The smallest absolute Gasteiger partial charge is 0.379 e. The number of hydrogen-bond donors (Lipinski definition) is 1. The van der Waals surface area contributed by atoms with Gasteiger partial charge in [0, 0.05) is 32.4 Å². The normalized spacial score (nSPS) is 19.3. The van der Waals surface area contributed by atoms with Crippen molar-refractivity contribution in [3.8, 4) is 0 Å². The molecule has 8 nitrogen and oxygen atoms in total. The van der Waals surface area contributed by atoms with Gasteiger partial charge in [0.05, 0.1) is 18.6 Å². The van der Waals surface area contributed by atoms with Crippen molar-refractivity contribution < 1.29 is 31.5 Å². The van der Waals surface area contributed by atoms with Crippen LogP contribution in [0.5, 0.6) is 0 Å². The minimum atomic E-state index is -4.78. The largest absolute Gasteiger partial charge is 0.433 e. The Morgan fingerprint density at radius 1 is 1.21 bits per heavy atom. The monoisotopic (exact) mass is 536 g/mol. The second kappa shape index (κ2) is 9.38. The summed E-state index contributed by atoms with van der Waals surface area (Å²) in [6, 6.07) is 8.51. The van der Waals surface area contributed by atoms with E-state index < -0.39 is 40.7 Å². The number of nitrogens with zero attached hydrogens (tertiary/aromatic N) is 5. The SMILES string of the molecule is Cn1cnnc1C(F)C1(c2cccc(NC(=O)c3cc(CN4CC(C)(F)C4)cc(C(F)(F)F)n3)c2)COC1. The Labute approximate surface area is 214 Å². The lowest BCUT2D eigenvalue weighted by molar-refractivity contribution is -0.141. The lowest BCUT2D eigenvalue weighted by atomic mass is 9.74. The summed E-state index contributed by atoms with van der Waals surface area (Å²) in [7, 11) is 1.63. The maximum atomic E-state index is 15.6. The van der Waals surface area contributed by atoms with Crippen LogP contribution in [-0.2, 0) is 29.9 Å². The fourth-order valence-electron chi connectivity index (χ4n) is 4.85. The molecular weight excluding hydrogens is 511 g/mol. The number of carbonyl (C=O) groups excluding carboxylic acids is 1. The number of benzene rings is 1. The highest BCUT2D eigenvalue weighted by atomic mass is 19.4. The van der Waals surface area contributed by atoms with Crippen LogP contribution in [0.1, 0.15) is 46.2 Å². The van der Waals surface area contributed by atoms with Gasteiger partial charge in [0.25, 0.3) is 5.91 Å². The van der Waals surface area contributed by atoms with Crippen LogP contribution in [0.4, 0.5) is 27.6 Å². The molecule has 0 radical (unpaired) electrons. The molecule has 1 N–H and O–H groups in total. The van der Waals surface area contributed by atoms with Gasteiger partial charge in [-0.05, 0) is 42.3 Å². The second-order valence-electron chi connectivity index (χ2n) is 10.1. The quantitative estimate of drug-likeness (QED) is 0.460. The number of pyridine rings is 1. The van der Waals surface area contributed by atoms with Gasteiger partial charge in [0.15, 0.2) is 12.0 Å². The molecule has 4 heterocycles. The van der Waals surface area contributed by atoms with Gasteiger partial charge in [0.2, 0.25) is 0 Å². The number of halogens is 5. The molecule has 38 heavy (non-hydrogen) atoms. The topological polar surface area (TPSA) is 85.2 Å². The van der Waals surface area contributed by atoms with Crippen molar-refractivity contribution in [1.82, 2.24) is 24.6 Å². The predicted octanol–water partition coefficient (Wildman–Crippen LogP) is 4.00. The summed E-state index contributed by atoms with van der Waals surface area (Å²) in [6.07, 6.45) is -4.93. The van der Waals surface area contributed by atoms with Crippen molar-refractivity contribution in [3.05, 3.63) is 71.1 Å². The predicted molar refractivity (Wildman–Crippen MR) is 126 cm³/mol. The molecule has 0 spiro atoms. The number of rotatable bonds is 7. The zero-order valence-electron chi connectivity index (χ0n) is 20.6.